The molecule has 1 N–H and O–H groups in total. The van der Waals surface area contributed by atoms with E-state index >= 15 is 0 Å². The molecule has 1 fully saturated rings. The van der Waals surface area contributed by atoms with Crippen molar-refractivity contribution in [2.75, 3.05) is 0 Å². The number of amides is 3. The quantitative estimate of drug-likeness (QED) is 0.630. The van der Waals surface area contributed by atoms with E-state index in [1.165, 1.54) is 6.20 Å². The summed E-state index contributed by atoms with van der Waals surface area (Å²) < 4.78 is 5.71. The highest BCUT2D eigenvalue weighted by molar-refractivity contribution is 6.31. The molecule has 6 nitrogen and oxygen atoms in total. The van der Waals surface area contributed by atoms with Crippen molar-refractivity contribution in [1.29, 1.82) is 0 Å². The van der Waals surface area contributed by atoms with Crippen LogP contribution in [0.2, 0.25) is 10.0 Å². The Morgan fingerprint density at radius 2 is 1.86 bits per heavy atom. The SMILES string of the molecule is CC1(c2ccc(Cl)cc2)NC(=O)N(Cc2ncc(-c3cccc(Cl)c3)o2)C1=O. The second-order valence-corrected chi connectivity index (χ2v) is 7.45. The lowest BCUT2D eigenvalue weighted by molar-refractivity contribution is -0.131. The standard InChI is InChI=1S/C20H15Cl2N3O3/c1-20(13-5-7-14(21)8-6-13)18(26)25(19(27)24-20)11-17-23-10-16(28-17)12-3-2-4-15(22)9-12/h2-10H,11H2,1H3,(H,24,27). The van der Waals surface area contributed by atoms with E-state index in [1.54, 1.807) is 49.4 Å². The number of nitrogens with zero attached hydrogens (tertiary/aromatic N) is 2. The van der Waals surface area contributed by atoms with Gasteiger partial charge in [0.1, 0.15) is 12.1 Å². The van der Waals surface area contributed by atoms with Gasteiger partial charge in [-0.1, -0.05) is 47.5 Å². The molecule has 2 heterocycles. The van der Waals surface area contributed by atoms with Crippen molar-refractivity contribution in [1.82, 2.24) is 15.2 Å². The summed E-state index contributed by atoms with van der Waals surface area (Å²) in [4.78, 5) is 30.7. The molecule has 8 heteroatoms. The van der Waals surface area contributed by atoms with Crippen LogP contribution in [0.1, 0.15) is 18.4 Å². The molecule has 0 spiro atoms. The number of imide groups is 1. The third-order valence-corrected chi connectivity index (χ3v) is 5.14. The molecule has 1 aromatic heterocycles. The number of hydrogen-bond donors (Lipinski definition) is 1. The van der Waals surface area contributed by atoms with Gasteiger partial charge in [-0.3, -0.25) is 9.69 Å². The van der Waals surface area contributed by atoms with Crippen molar-refractivity contribution >= 4 is 35.1 Å². The van der Waals surface area contributed by atoms with Crippen LogP contribution in [0.4, 0.5) is 4.79 Å². The van der Waals surface area contributed by atoms with Gasteiger partial charge in [0.25, 0.3) is 5.91 Å². The summed E-state index contributed by atoms with van der Waals surface area (Å²) in [5.74, 6) is 0.367. The summed E-state index contributed by atoms with van der Waals surface area (Å²) in [6, 6.07) is 13.4. The van der Waals surface area contributed by atoms with Gasteiger partial charge >= 0.3 is 6.03 Å². The molecule has 3 aromatic rings. The zero-order chi connectivity index (χ0) is 19.9. The van der Waals surface area contributed by atoms with Crippen LogP contribution in [-0.4, -0.2) is 21.8 Å². The summed E-state index contributed by atoms with van der Waals surface area (Å²) in [6.45, 7) is 1.58. The van der Waals surface area contributed by atoms with E-state index in [1.807, 2.05) is 6.07 Å². The summed E-state index contributed by atoms with van der Waals surface area (Å²) in [6.07, 6.45) is 1.54. The first kappa shape index (κ1) is 18.5. The Morgan fingerprint density at radius 3 is 2.57 bits per heavy atom. The fourth-order valence-corrected chi connectivity index (χ4v) is 3.43. The van der Waals surface area contributed by atoms with E-state index in [0.29, 0.717) is 21.4 Å². The van der Waals surface area contributed by atoms with Crippen LogP contribution in [0.25, 0.3) is 11.3 Å². The Hall–Kier alpha value is -2.83. The summed E-state index contributed by atoms with van der Waals surface area (Å²) >= 11 is 11.9. The molecule has 1 saturated heterocycles. The Kier molecular flexibility index (Phi) is 4.61. The normalized spacial score (nSPS) is 19.2. The van der Waals surface area contributed by atoms with Crippen molar-refractivity contribution in [3.05, 3.63) is 76.2 Å². The molecule has 1 aliphatic heterocycles. The average Bonchev–Trinajstić information content (AvgIpc) is 3.22. The largest absolute Gasteiger partial charge is 0.439 e. The molecule has 0 saturated carbocycles. The van der Waals surface area contributed by atoms with Gasteiger partial charge in [-0.25, -0.2) is 9.78 Å². The zero-order valence-corrected chi connectivity index (χ0v) is 16.3. The predicted octanol–water partition coefficient (Wildman–Crippen LogP) is 4.62. The topological polar surface area (TPSA) is 75.4 Å². The molecule has 3 amide bonds. The fourth-order valence-electron chi connectivity index (χ4n) is 3.11. The van der Waals surface area contributed by atoms with Gasteiger partial charge < -0.3 is 9.73 Å². The number of rotatable bonds is 4. The van der Waals surface area contributed by atoms with Crippen LogP contribution < -0.4 is 5.32 Å². The number of benzene rings is 2. The second kappa shape index (κ2) is 6.96. The van der Waals surface area contributed by atoms with E-state index in [9.17, 15) is 9.59 Å². The minimum absolute atomic E-state index is 0.0750. The molecular formula is C20H15Cl2N3O3. The van der Waals surface area contributed by atoms with Gasteiger partial charge in [-0.05, 0) is 36.8 Å². The Morgan fingerprint density at radius 1 is 1.11 bits per heavy atom. The van der Waals surface area contributed by atoms with Crippen molar-refractivity contribution in [3.8, 4) is 11.3 Å². The van der Waals surface area contributed by atoms with Crippen LogP contribution in [0.15, 0.2) is 59.1 Å². The number of aromatic nitrogens is 1. The summed E-state index contributed by atoms with van der Waals surface area (Å²) in [5.41, 5.74) is 0.226. The van der Waals surface area contributed by atoms with Crippen LogP contribution >= 0.6 is 23.2 Å². The maximum Gasteiger partial charge on any atom is 0.325 e. The highest BCUT2D eigenvalue weighted by Crippen LogP contribution is 2.31. The lowest BCUT2D eigenvalue weighted by Gasteiger charge is -2.22. The molecule has 2 aromatic carbocycles. The summed E-state index contributed by atoms with van der Waals surface area (Å²) in [5, 5.41) is 3.86. The number of halogens is 2. The van der Waals surface area contributed by atoms with Gasteiger partial charge in [-0.2, -0.15) is 0 Å². The first-order valence-electron chi connectivity index (χ1n) is 8.47. The smallest absolute Gasteiger partial charge is 0.325 e. The maximum atomic E-state index is 13.0. The third-order valence-electron chi connectivity index (χ3n) is 4.65. The predicted molar refractivity (Wildman–Crippen MR) is 105 cm³/mol. The summed E-state index contributed by atoms with van der Waals surface area (Å²) in [7, 11) is 0. The number of carbonyl (C=O) groups is 2. The molecule has 0 aliphatic carbocycles. The Balaban J connectivity index is 1.56. The molecule has 4 rings (SSSR count). The number of carbonyl (C=O) groups excluding carboxylic acids is 2. The van der Waals surface area contributed by atoms with Crippen molar-refractivity contribution in [2.45, 2.75) is 19.0 Å². The lowest BCUT2D eigenvalue weighted by Crippen LogP contribution is -2.40. The van der Waals surface area contributed by atoms with Gasteiger partial charge in [0, 0.05) is 15.6 Å². The minimum Gasteiger partial charge on any atom is -0.439 e. The molecule has 1 atom stereocenters. The molecule has 1 aliphatic rings. The first-order valence-corrected chi connectivity index (χ1v) is 9.23. The molecule has 0 bridgehead atoms. The third kappa shape index (κ3) is 3.25. The van der Waals surface area contributed by atoms with Crippen molar-refractivity contribution in [2.24, 2.45) is 0 Å². The van der Waals surface area contributed by atoms with E-state index in [-0.39, 0.29) is 18.3 Å². The molecule has 0 radical (unpaired) electrons. The van der Waals surface area contributed by atoms with Crippen molar-refractivity contribution < 1.29 is 14.0 Å². The van der Waals surface area contributed by atoms with Gasteiger partial charge in [-0.15, -0.1) is 0 Å². The zero-order valence-electron chi connectivity index (χ0n) is 14.8. The Bertz CT molecular complexity index is 1060. The number of nitrogens with one attached hydrogen (secondary N) is 1. The van der Waals surface area contributed by atoms with Gasteiger partial charge in [0.15, 0.2) is 5.76 Å². The number of oxazole rings is 1. The fraction of sp³-hybridized carbons (Fsp3) is 0.150. The van der Waals surface area contributed by atoms with Crippen LogP contribution in [0.5, 0.6) is 0 Å². The monoisotopic (exact) mass is 415 g/mol. The number of urea groups is 1. The molecule has 142 valence electrons. The maximum absolute atomic E-state index is 13.0. The Labute approximate surface area is 171 Å². The highest BCUT2D eigenvalue weighted by atomic mass is 35.5. The van der Waals surface area contributed by atoms with Gasteiger partial charge in [0.2, 0.25) is 5.89 Å². The molecular weight excluding hydrogens is 401 g/mol. The molecule has 28 heavy (non-hydrogen) atoms. The van der Waals surface area contributed by atoms with E-state index in [4.69, 9.17) is 27.6 Å². The van der Waals surface area contributed by atoms with E-state index < -0.39 is 11.6 Å². The van der Waals surface area contributed by atoms with E-state index in [2.05, 4.69) is 10.3 Å². The number of hydrogen-bond acceptors (Lipinski definition) is 4. The van der Waals surface area contributed by atoms with Crippen LogP contribution in [0, 0.1) is 0 Å². The van der Waals surface area contributed by atoms with Crippen LogP contribution in [0.3, 0.4) is 0 Å². The van der Waals surface area contributed by atoms with Gasteiger partial charge in [0.05, 0.1) is 6.20 Å². The minimum atomic E-state index is -1.18. The lowest BCUT2D eigenvalue weighted by atomic mass is 9.92. The molecule has 1 unspecified atom stereocenters. The van der Waals surface area contributed by atoms with Crippen LogP contribution in [-0.2, 0) is 16.9 Å². The second-order valence-electron chi connectivity index (χ2n) is 6.58. The first-order chi connectivity index (χ1) is 13.4. The van der Waals surface area contributed by atoms with Crippen molar-refractivity contribution in [3.63, 3.8) is 0 Å². The van der Waals surface area contributed by atoms with E-state index in [0.717, 1.165) is 10.5 Å². The highest BCUT2D eigenvalue weighted by Gasteiger charge is 2.49. The average molecular weight is 416 g/mol.